The van der Waals surface area contributed by atoms with Crippen LogP contribution in [0.4, 0.5) is 11.4 Å². The van der Waals surface area contributed by atoms with Gasteiger partial charge in [0.25, 0.3) is 21.8 Å². The molecule has 0 atom stereocenters. The van der Waals surface area contributed by atoms with Crippen LogP contribution in [0, 0.1) is 6.92 Å². The molecule has 1 N–H and O–H groups in total. The van der Waals surface area contributed by atoms with Crippen LogP contribution in [0.1, 0.15) is 26.3 Å². The molecule has 4 rings (SSSR count). The van der Waals surface area contributed by atoms with Crippen molar-refractivity contribution in [1.29, 1.82) is 0 Å². The lowest BCUT2D eigenvalue weighted by molar-refractivity contribution is 0.0926. The van der Waals surface area contributed by atoms with Gasteiger partial charge in [0.2, 0.25) is 0 Å². The molecule has 8 nitrogen and oxygen atoms in total. The molecule has 0 fully saturated rings. The van der Waals surface area contributed by atoms with E-state index in [4.69, 9.17) is 11.6 Å². The molecule has 0 saturated carbocycles. The van der Waals surface area contributed by atoms with Crippen molar-refractivity contribution < 1.29 is 18.0 Å². The normalized spacial score (nSPS) is 13.7. The largest absolute Gasteiger partial charge is 0.279 e. The van der Waals surface area contributed by atoms with Crippen molar-refractivity contribution in [1.82, 2.24) is 9.78 Å². The van der Waals surface area contributed by atoms with Crippen LogP contribution in [0.5, 0.6) is 0 Å². The van der Waals surface area contributed by atoms with Crippen molar-refractivity contribution in [2.75, 3.05) is 9.62 Å². The van der Waals surface area contributed by atoms with Gasteiger partial charge in [-0.15, -0.1) is 0 Å². The summed E-state index contributed by atoms with van der Waals surface area (Å²) >= 11 is 6.17. The van der Waals surface area contributed by atoms with E-state index in [1.165, 1.54) is 41.3 Å². The molecule has 2 aromatic carbocycles. The maximum Gasteiger partial charge on any atom is 0.268 e. The average Bonchev–Trinajstić information content (AvgIpc) is 3.19. The van der Waals surface area contributed by atoms with Gasteiger partial charge in [-0.05, 0) is 31.2 Å². The van der Waals surface area contributed by atoms with E-state index in [1.54, 1.807) is 19.2 Å². The van der Waals surface area contributed by atoms with Gasteiger partial charge < -0.3 is 0 Å². The molecule has 2 heterocycles. The zero-order valence-electron chi connectivity index (χ0n) is 15.4. The Morgan fingerprint density at radius 2 is 1.66 bits per heavy atom. The number of carbonyl (C=O) groups is 2. The van der Waals surface area contributed by atoms with Crippen molar-refractivity contribution in [3.63, 3.8) is 0 Å². The monoisotopic (exact) mass is 430 g/mol. The number of carbonyl (C=O) groups excluding carboxylic acids is 2. The standard InChI is InChI=1S/C19H15ClN4O4S/c1-11-3-5-13(6-4-11)29(27,28)22-15-8-7-14(20)16-17(15)19(26)24(18(16)25)12-9-21-23(2)10-12/h3-10,22H,1-2H3. The van der Waals surface area contributed by atoms with Crippen LogP contribution in [-0.2, 0) is 17.1 Å². The van der Waals surface area contributed by atoms with E-state index in [2.05, 4.69) is 9.82 Å². The molecule has 1 aromatic heterocycles. The highest BCUT2D eigenvalue weighted by atomic mass is 35.5. The summed E-state index contributed by atoms with van der Waals surface area (Å²) in [6, 6.07) is 9.00. The second-order valence-corrected chi connectivity index (χ2v) is 8.67. The Morgan fingerprint density at radius 3 is 2.28 bits per heavy atom. The van der Waals surface area contributed by atoms with Crippen molar-refractivity contribution >= 4 is 44.8 Å². The molecule has 2 amide bonds. The van der Waals surface area contributed by atoms with Crippen molar-refractivity contribution in [3.05, 3.63) is 70.5 Å². The molecule has 1 aliphatic rings. The summed E-state index contributed by atoms with van der Waals surface area (Å²) in [7, 11) is -2.33. The minimum absolute atomic E-state index is 0.0188. The molecule has 0 saturated heterocycles. The predicted octanol–water partition coefficient (Wildman–Crippen LogP) is 2.98. The summed E-state index contributed by atoms with van der Waals surface area (Å²) in [5, 5.41) is 4.03. The average molecular weight is 431 g/mol. The number of halogens is 1. The molecule has 29 heavy (non-hydrogen) atoms. The Labute approximate surface area is 171 Å². The molecule has 0 aliphatic carbocycles. The van der Waals surface area contributed by atoms with Crippen LogP contribution in [-0.4, -0.2) is 30.0 Å². The third-order valence-electron chi connectivity index (χ3n) is 4.51. The number of benzene rings is 2. The fourth-order valence-corrected chi connectivity index (χ4v) is 4.40. The van der Waals surface area contributed by atoms with Gasteiger partial charge in [-0.25, -0.2) is 13.3 Å². The van der Waals surface area contributed by atoms with Crippen LogP contribution in [0.15, 0.2) is 53.7 Å². The Kier molecular flexibility index (Phi) is 4.44. The maximum atomic E-state index is 13.0. The quantitative estimate of drug-likeness (QED) is 0.641. The van der Waals surface area contributed by atoms with Gasteiger partial charge in [0.05, 0.1) is 38.6 Å². The Balaban J connectivity index is 1.79. The number of rotatable bonds is 4. The minimum atomic E-state index is -3.98. The van der Waals surface area contributed by atoms with Crippen molar-refractivity contribution in [2.24, 2.45) is 7.05 Å². The number of imide groups is 1. The lowest BCUT2D eigenvalue weighted by Gasteiger charge is -2.12. The van der Waals surface area contributed by atoms with E-state index < -0.39 is 21.8 Å². The van der Waals surface area contributed by atoms with Crippen LogP contribution < -0.4 is 9.62 Å². The maximum absolute atomic E-state index is 13.0. The van der Waals surface area contributed by atoms with E-state index in [1.807, 2.05) is 6.92 Å². The number of nitrogens with zero attached hydrogens (tertiary/aromatic N) is 3. The summed E-state index contributed by atoms with van der Waals surface area (Å²) in [6.07, 6.45) is 2.87. The number of amides is 2. The molecular weight excluding hydrogens is 416 g/mol. The van der Waals surface area contributed by atoms with Gasteiger partial charge in [-0.2, -0.15) is 5.10 Å². The first-order chi connectivity index (χ1) is 13.7. The highest BCUT2D eigenvalue weighted by molar-refractivity contribution is 7.92. The molecule has 3 aromatic rings. The Hall–Kier alpha value is -3.17. The first-order valence-electron chi connectivity index (χ1n) is 8.48. The molecule has 0 radical (unpaired) electrons. The second-order valence-electron chi connectivity index (χ2n) is 6.58. The van der Waals surface area contributed by atoms with Gasteiger partial charge in [0, 0.05) is 13.2 Å². The summed E-state index contributed by atoms with van der Waals surface area (Å²) in [5.74, 6) is -1.32. The summed E-state index contributed by atoms with van der Waals surface area (Å²) in [6.45, 7) is 1.84. The highest BCUT2D eigenvalue weighted by Gasteiger charge is 2.41. The predicted molar refractivity (Wildman–Crippen MR) is 108 cm³/mol. The molecule has 148 valence electrons. The number of aromatic nitrogens is 2. The summed E-state index contributed by atoms with van der Waals surface area (Å²) in [4.78, 5) is 26.9. The number of sulfonamides is 1. The van der Waals surface area contributed by atoms with Crippen molar-refractivity contribution in [2.45, 2.75) is 11.8 Å². The first kappa shape index (κ1) is 19.2. The van der Waals surface area contributed by atoms with Crippen molar-refractivity contribution in [3.8, 4) is 0 Å². The van der Waals surface area contributed by atoms with Gasteiger partial charge in [-0.1, -0.05) is 29.3 Å². The smallest absolute Gasteiger partial charge is 0.268 e. The zero-order valence-corrected chi connectivity index (χ0v) is 17.0. The lowest BCUT2D eigenvalue weighted by atomic mass is 10.1. The van der Waals surface area contributed by atoms with E-state index >= 15 is 0 Å². The van der Waals surface area contributed by atoms with Crippen LogP contribution in [0.25, 0.3) is 0 Å². The molecular formula is C19H15ClN4O4S. The molecule has 0 unspecified atom stereocenters. The van der Waals surface area contributed by atoms with Crippen LogP contribution in [0.2, 0.25) is 5.02 Å². The number of nitrogens with one attached hydrogen (secondary N) is 1. The van der Waals surface area contributed by atoms with E-state index in [-0.39, 0.29) is 32.4 Å². The first-order valence-corrected chi connectivity index (χ1v) is 10.3. The minimum Gasteiger partial charge on any atom is -0.279 e. The fraction of sp³-hybridized carbons (Fsp3) is 0.105. The molecule has 1 aliphatic heterocycles. The third-order valence-corrected chi connectivity index (χ3v) is 6.21. The second kappa shape index (κ2) is 6.71. The van der Waals surface area contributed by atoms with Gasteiger partial charge in [0.1, 0.15) is 0 Å². The number of fused-ring (bicyclic) bond motifs is 1. The Morgan fingerprint density at radius 1 is 1.00 bits per heavy atom. The SMILES string of the molecule is Cc1ccc(S(=O)(=O)Nc2ccc(Cl)c3c2C(=O)N(c2cnn(C)c2)C3=O)cc1. The van der Waals surface area contributed by atoms with E-state index in [9.17, 15) is 18.0 Å². The molecule has 0 spiro atoms. The third kappa shape index (κ3) is 3.18. The summed E-state index contributed by atoms with van der Waals surface area (Å²) < 4.78 is 29.4. The summed E-state index contributed by atoms with van der Waals surface area (Å²) in [5.41, 5.74) is 1.01. The number of aryl methyl sites for hydroxylation is 2. The number of hydrogen-bond acceptors (Lipinski definition) is 5. The van der Waals surface area contributed by atoms with E-state index in [0.29, 0.717) is 0 Å². The van der Waals surface area contributed by atoms with Crippen LogP contribution >= 0.6 is 11.6 Å². The fourth-order valence-electron chi connectivity index (χ4n) is 3.09. The molecule has 10 heteroatoms. The highest BCUT2D eigenvalue weighted by Crippen LogP contribution is 2.37. The van der Waals surface area contributed by atoms with Gasteiger partial charge in [0.15, 0.2) is 0 Å². The number of hydrogen-bond donors (Lipinski definition) is 1. The number of anilines is 2. The van der Waals surface area contributed by atoms with Gasteiger partial charge in [-0.3, -0.25) is 19.0 Å². The molecule has 0 bridgehead atoms. The zero-order chi connectivity index (χ0) is 20.9. The van der Waals surface area contributed by atoms with Gasteiger partial charge >= 0.3 is 0 Å². The Bertz CT molecular complexity index is 1270. The van der Waals surface area contributed by atoms with Crippen LogP contribution in [0.3, 0.4) is 0 Å². The lowest BCUT2D eigenvalue weighted by Crippen LogP contribution is -2.29. The topological polar surface area (TPSA) is 101 Å². The van der Waals surface area contributed by atoms with E-state index in [0.717, 1.165) is 10.5 Å².